The lowest BCUT2D eigenvalue weighted by atomic mass is 9.91. The molecular formula is C27H35N3O5S. The lowest BCUT2D eigenvalue weighted by Gasteiger charge is -2.30. The van der Waals surface area contributed by atoms with Gasteiger partial charge in [0.25, 0.3) is 5.91 Å². The number of anilines is 1. The number of hydrogen-bond acceptors (Lipinski definition) is 5. The second-order valence-electron chi connectivity index (χ2n) is 10.8. The Morgan fingerprint density at radius 2 is 1.64 bits per heavy atom. The molecule has 0 aromatic heterocycles. The third-order valence-electron chi connectivity index (χ3n) is 6.21. The van der Waals surface area contributed by atoms with Crippen LogP contribution in [-0.2, 0) is 30.8 Å². The van der Waals surface area contributed by atoms with Gasteiger partial charge in [0.15, 0.2) is 0 Å². The highest BCUT2D eigenvalue weighted by molar-refractivity contribution is 7.89. The summed E-state index contributed by atoms with van der Waals surface area (Å²) in [5.41, 5.74) is 2.09. The number of benzene rings is 2. The Morgan fingerprint density at radius 3 is 2.14 bits per heavy atom. The highest BCUT2D eigenvalue weighted by Gasteiger charge is 2.44. The minimum absolute atomic E-state index is 0.00242. The van der Waals surface area contributed by atoms with Crippen LogP contribution in [0.25, 0.3) is 0 Å². The monoisotopic (exact) mass is 513 g/mol. The maximum absolute atomic E-state index is 13.4. The largest absolute Gasteiger partial charge is 0.330 e. The Kier molecular flexibility index (Phi) is 8.05. The number of amides is 3. The van der Waals surface area contributed by atoms with Gasteiger partial charge < -0.3 is 4.90 Å². The van der Waals surface area contributed by atoms with Gasteiger partial charge in [0, 0.05) is 13.0 Å². The molecule has 3 rings (SSSR count). The average Bonchev–Trinajstić information content (AvgIpc) is 3.06. The van der Waals surface area contributed by atoms with Gasteiger partial charge in [-0.3, -0.25) is 14.4 Å². The molecule has 0 aliphatic carbocycles. The summed E-state index contributed by atoms with van der Waals surface area (Å²) in [5, 5.41) is 5.17. The van der Waals surface area contributed by atoms with Gasteiger partial charge in [-0.05, 0) is 53.1 Å². The van der Waals surface area contributed by atoms with Gasteiger partial charge in [0.05, 0.1) is 17.0 Å². The molecular weight excluding hydrogens is 478 g/mol. The lowest BCUT2D eigenvalue weighted by Crippen LogP contribution is -2.47. The SMILES string of the molecule is CC(C)c1ccc(N2C(=O)CC(N(CCc3ccc(S(N)(=O)=O)cc3)C(=O)CC(C)(C)C)C2=O)cc1. The summed E-state index contributed by atoms with van der Waals surface area (Å²) in [6.07, 6.45) is 0.533. The van der Waals surface area contributed by atoms with E-state index in [0.29, 0.717) is 18.0 Å². The molecule has 9 heteroatoms. The minimum atomic E-state index is -3.80. The van der Waals surface area contributed by atoms with Crippen molar-refractivity contribution in [3.8, 4) is 0 Å². The number of sulfonamides is 1. The van der Waals surface area contributed by atoms with Crippen molar-refractivity contribution in [1.82, 2.24) is 4.90 Å². The topological polar surface area (TPSA) is 118 Å². The number of nitrogens with zero attached hydrogens (tertiary/aromatic N) is 2. The molecule has 8 nitrogen and oxygen atoms in total. The maximum atomic E-state index is 13.4. The number of primary sulfonamides is 1. The van der Waals surface area contributed by atoms with E-state index in [4.69, 9.17) is 5.14 Å². The molecule has 2 N–H and O–H groups in total. The predicted molar refractivity (Wildman–Crippen MR) is 139 cm³/mol. The zero-order valence-corrected chi connectivity index (χ0v) is 22.3. The first-order valence-electron chi connectivity index (χ1n) is 12.1. The summed E-state index contributed by atoms with van der Waals surface area (Å²) in [4.78, 5) is 42.4. The van der Waals surface area contributed by atoms with Crippen molar-refractivity contribution in [2.24, 2.45) is 10.6 Å². The molecule has 1 fully saturated rings. The van der Waals surface area contributed by atoms with Gasteiger partial charge in [-0.1, -0.05) is 58.9 Å². The first-order valence-corrected chi connectivity index (χ1v) is 13.6. The Labute approximate surface area is 213 Å². The third kappa shape index (κ3) is 6.59. The molecule has 3 amide bonds. The van der Waals surface area contributed by atoms with Crippen LogP contribution in [0.4, 0.5) is 5.69 Å². The average molecular weight is 514 g/mol. The van der Waals surface area contributed by atoms with E-state index in [1.165, 1.54) is 21.9 Å². The molecule has 0 saturated carbocycles. The van der Waals surface area contributed by atoms with Crippen LogP contribution < -0.4 is 10.0 Å². The molecule has 1 aliphatic rings. The normalized spacial score (nSPS) is 16.6. The molecule has 0 radical (unpaired) electrons. The summed E-state index contributed by atoms with van der Waals surface area (Å²) < 4.78 is 23.0. The molecule has 2 aromatic rings. The zero-order valence-electron chi connectivity index (χ0n) is 21.5. The second-order valence-corrected chi connectivity index (χ2v) is 12.4. The van der Waals surface area contributed by atoms with E-state index in [9.17, 15) is 22.8 Å². The van der Waals surface area contributed by atoms with Crippen molar-refractivity contribution in [3.05, 3.63) is 59.7 Å². The Hall–Kier alpha value is -3.04. The Bertz CT molecular complexity index is 1230. The fraction of sp³-hybridized carbons (Fsp3) is 0.444. The number of rotatable bonds is 8. The number of nitrogens with two attached hydrogens (primary N) is 1. The van der Waals surface area contributed by atoms with Crippen LogP contribution in [0.1, 0.15) is 64.5 Å². The van der Waals surface area contributed by atoms with Crippen LogP contribution in [-0.4, -0.2) is 43.6 Å². The number of carbonyl (C=O) groups excluding carboxylic acids is 3. The van der Waals surface area contributed by atoms with Crippen molar-refractivity contribution in [2.45, 2.75) is 70.7 Å². The summed E-state index contributed by atoms with van der Waals surface area (Å²) in [6.45, 7) is 10.2. The smallest absolute Gasteiger partial charge is 0.257 e. The fourth-order valence-corrected chi connectivity index (χ4v) is 4.76. The van der Waals surface area contributed by atoms with Crippen molar-refractivity contribution in [2.75, 3.05) is 11.4 Å². The molecule has 1 atom stereocenters. The van der Waals surface area contributed by atoms with E-state index >= 15 is 0 Å². The first-order chi connectivity index (χ1) is 16.7. The van der Waals surface area contributed by atoms with Gasteiger partial charge in [0.2, 0.25) is 21.8 Å². The fourth-order valence-electron chi connectivity index (χ4n) is 4.24. The molecule has 1 heterocycles. The van der Waals surface area contributed by atoms with E-state index in [-0.39, 0.29) is 41.5 Å². The van der Waals surface area contributed by atoms with Crippen molar-refractivity contribution < 1.29 is 22.8 Å². The van der Waals surface area contributed by atoms with Gasteiger partial charge in [-0.2, -0.15) is 0 Å². The molecule has 1 unspecified atom stereocenters. The Morgan fingerprint density at radius 1 is 1.06 bits per heavy atom. The quantitative estimate of drug-likeness (QED) is 0.541. The van der Waals surface area contributed by atoms with Crippen molar-refractivity contribution in [3.63, 3.8) is 0 Å². The molecule has 1 saturated heterocycles. The third-order valence-corrected chi connectivity index (χ3v) is 7.14. The van der Waals surface area contributed by atoms with Gasteiger partial charge in [0.1, 0.15) is 6.04 Å². The number of hydrogen-bond donors (Lipinski definition) is 1. The summed E-state index contributed by atoms with van der Waals surface area (Å²) in [5.74, 6) is -0.634. The predicted octanol–water partition coefficient (Wildman–Crippen LogP) is 3.60. The van der Waals surface area contributed by atoms with Gasteiger partial charge in [-0.15, -0.1) is 0 Å². The first kappa shape index (κ1) is 27.5. The number of imide groups is 1. The highest BCUT2D eigenvalue weighted by atomic mass is 32.2. The molecule has 36 heavy (non-hydrogen) atoms. The van der Waals surface area contributed by atoms with Gasteiger partial charge >= 0.3 is 0 Å². The Balaban J connectivity index is 1.84. The van der Waals surface area contributed by atoms with Crippen LogP contribution in [0.3, 0.4) is 0 Å². The lowest BCUT2D eigenvalue weighted by molar-refractivity contribution is -0.139. The maximum Gasteiger partial charge on any atom is 0.257 e. The molecule has 2 aromatic carbocycles. The molecule has 194 valence electrons. The van der Waals surface area contributed by atoms with E-state index in [2.05, 4.69) is 13.8 Å². The van der Waals surface area contributed by atoms with E-state index in [1.807, 2.05) is 32.9 Å². The van der Waals surface area contributed by atoms with Crippen LogP contribution in [0.5, 0.6) is 0 Å². The standard InChI is InChI=1S/C27H35N3O5S/c1-18(2)20-8-10-21(11-9-20)30-24(31)16-23(26(30)33)29(25(32)17-27(3,4)5)15-14-19-6-12-22(13-7-19)36(28,34)35/h6-13,18,23H,14-17H2,1-5H3,(H2,28,34,35). The van der Waals surface area contributed by atoms with Crippen LogP contribution in [0.15, 0.2) is 53.4 Å². The van der Waals surface area contributed by atoms with Crippen molar-refractivity contribution in [1.29, 1.82) is 0 Å². The van der Waals surface area contributed by atoms with Crippen LogP contribution >= 0.6 is 0 Å². The van der Waals surface area contributed by atoms with E-state index < -0.39 is 22.0 Å². The molecule has 0 bridgehead atoms. The zero-order chi connectivity index (χ0) is 26.8. The van der Waals surface area contributed by atoms with Crippen LogP contribution in [0.2, 0.25) is 0 Å². The van der Waals surface area contributed by atoms with Gasteiger partial charge in [-0.25, -0.2) is 18.5 Å². The van der Waals surface area contributed by atoms with Crippen LogP contribution in [0, 0.1) is 5.41 Å². The highest BCUT2D eigenvalue weighted by Crippen LogP contribution is 2.29. The van der Waals surface area contributed by atoms with Crippen molar-refractivity contribution >= 4 is 33.4 Å². The van der Waals surface area contributed by atoms with E-state index in [1.54, 1.807) is 24.3 Å². The molecule has 0 spiro atoms. The summed E-state index contributed by atoms with van der Waals surface area (Å²) in [6, 6.07) is 12.6. The number of carbonyl (C=O) groups is 3. The van der Waals surface area contributed by atoms with E-state index in [0.717, 1.165) is 11.1 Å². The summed E-state index contributed by atoms with van der Waals surface area (Å²) in [7, 11) is -3.80. The molecule has 1 aliphatic heterocycles. The summed E-state index contributed by atoms with van der Waals surface area (Å²) >= 11 is 0. The second kappa shape index (κ2) is 10.5. The minimum Gasteiger partial charge on any atom is -0.330 e.